The van der Waals surface area contributed by atoms with Gasteiger partial charge >= 0.3 is 0 Å². The summed E-state index contributed by atoms with van der Waals surface area (Å²) in [6.07, 6.45) is -1.12. The Morgan fingerprint density at radius 2 is 1.82 bits per heavy atom. The van der Waals surface area contributed by atoms with E-state index < -0.39 is 26.4 Å². The van der Waals surface area contributed by atoms with E-state index in [9.17, 15) is 10.2 Å². The molecule has 0 aromatic rings. The fourth-order valence-corrected chi connectivity index (χ4v) is 3.39. The van der Waals surface area contributed by atoms with Crippen LogP contribution in [0, 0.1) is 0 Å². The zero-order valence-electron chi connectivity index (χ0n) is 11.3. The summed E-state index contributed by atoms with van der Waals surface area (Å²) in [5.74, 6) is 0. The predicted molar refractivity (Wildman–Crippen MR) is 69.3 cm³/mol. The average molecular weight is 260 g/mol. The van der Waals surface area contributed by atoms with Crippen LogP contribution in [0.25, 0.3) is 0 Å². The maximum absolute atomic E-state index is 9.78. The fourth-order valence-electron chi connectivity index (χ4n) is 1.62. The third kappa shape index (κ3) is 2.73. The van der Waals surface area contributed by atoms with E-state index in [-0.39, 0.29) is 11.6 Å². The van der Waals surface area contributed by atoms with Crippen molar-refractivity contribution in [3.63, 3.8) is 0 Å². The SMILES string of the molecule is CC(C)(C)[Si](C)(C)C1=C[C@@H](O)[C@H](O)[C@@H](CO)O1. The first-order chi connectivity index (χ1) is 7.61. The van der Waals surface area contributed by atoms with Gasteiger partial charge in [-0.1, -0.05) is 33.9 Å². The van der Waals surface area contributed by atoms with Crippen LogP contribution in [0.15, 0.2) is 11.5 Å². The maximum Gasteiger partial charge on any atom is 0.149 e. The molecule has 5 heteroatoms. The smallest absolute Gasteiger partial charge is 0.149 e. The molecule has 4 nitrogen and oxygen atoms in total. The van der Waals surface area contributed by atoms with Crippen LogP contribution in [-0.4, -0.2) is 48.3 Å². The highest BCUT2D eigenvalue weighted by atomic mass is 28.3. The zero-order valence-corrected chi connectivity index (χ0v) is 12.3. The van der Waals surface area contributed by atoms with Gasteiger partial charge in [-0.25, -0.2) is 0 Å². The lowest BCUT2D eigenvalue weighted by Gasteiger charge is -2.42. The lowest BCUT2D eigenvalue weighted by Crippen LogP contribution is -2.50. The Hall–Kier alpha value is -0.363. The third-order valence-corrected chi connectivity index (χ3v) is 9.27. The summed E-state index contributed by atoms with van der Waals surface area (Å²) in [5, 5.41) is 29.5. The van der Waals surface area contributed by atoms with Gasteiger partial charge in [-0.15, -0.1) is 0 Å². The first-order valence-electron chi connectivity index (χ1n) is 5.97. The Labute approximate surface area is 104 Å². The van der Waals surface area contributed by atoms with Crippen molar-refractivity contribution >= 4 is 8.07 Å². The second-order valence-electron chi connectivity index (χ2n) is 6.23. The van der Waals surface area contributed by atoms with Crippen molar-refractivity contribution in [2.75, 3.05) is 6.61 Å². The molecular weight excluding hydrogens is 236 g/mol. The summed E-state index contributed by atoms with van der Waals surface area (Å²) in [6.45, 7) is 10.5. The van der Waals surface area contributed by atoms with Gasteiger partial charge in [0.1, 0.15) is 26.4 Å². The number of rotatable bonds is 2. The van der Waals surface area contributed by atoms with Crippen molar-refractivity contribution in [1.29, 1.82) is 0 Å². The van der Waals surface area contributed by atoms with Crippen LogP contribution in [0.4, 0.5) is 0 Å². The van der Waals surface area contributed by atoms with E-state index in [1.54, 1.807) is 6.08 Å². The lowest BCUT2D eigenvalue weighted by atomic mass is 10.1. The summed E-state index contributed by atoms with van der Waals surface area (Å²) in [4.78, 5) is 0. The van der Waals surface area contributed by atoms with E-state index >= 15 is 0 Å². The molecule has 0 aliphatic carbocycles. The lowest BCUT2D eigenvalue weighted by molar-refractivity contribution is -0.0859. The van der Waals surface area contributed by atoms with Crippen molar-refractivity contribution in [3.8, 4) is 0 Å². The minimum absolute atomic E-state index is 0.0842. The molecule has 0 bridgehead atoms. The quantitative estimate of drug-likeness (QED) is 0.649. The molecule has 1 aliphatic rings. The second-order valence-corrected chi connectivity index (χ2v) is 11.5. The molecule has 100 valence electrons. The Balaban J connectivity index is 3.03. The van der Waals surface area contributed by atoms with Gasteiger partial charge in [-0.2, -0.15) is 0 Å². The van der Waals surface area contributed by atoms with Crippen LogP contribution in [0.5, 0.6) is 0 Å². The van der Waals surface area contributed by atoms with Crippen LogP contribution in [0.3, 0.4) is 0 Å². The average Bonchev–Trinajstić information content (AvgIpc) is 2.20. The number of aliphatic hydroxyl groups excluding tert-OH is 3. The van der Waals surface area contributed by atoms with E-state index in [4.69, 9.17) is 9.84 Å². The fraction of sp³-hybridized carbons (Fsp3) is 0.833. The topological polar surface area (TPSA) is 69.9 Å². The maximum atomic E-state index is 9.78. The molecule has 0 amide bonds. The first-order valence-corrected chi connectivity index (χ1v) is 8.97. The van der Waals surface area contributed by atoms with Gasteiger partial charge in [0.2, 0.25) is 0 Å². The highest BCUT2D eigenvalue weighted by Crippen LogP contribution is 2.42. The standard InChI is InChI=1S/C12H24O4Si/c1-12(2,3)17(4,5)10-6-8(14)11(15)9(7-13)16-10/h6,8-9,11,13-15H,7H2,1-5H3/t8-,9-,11+/m1/s1. The minimum atomic E-state index is -1.88. The van der Waals surface area contributed by atoms with Crippen LogP contribution >= 0.6 is 0 Å². The van der Waals surface area contributed by atoms with Gasteiger partial charge < -0.3 is 20.1 Å². The summed E-state index contributed by atoms with van der Waals surface area (Å²) >= 11 is 0. The molecule has 0 unspecified atom stereocenters. The molecule has 3 atom stereocenters. The van der Waals surface area contributed by atoms with E-state index in [0.717, 1.165) is 5.38 Å². The van der Waals surface area contributed by atoms with E-state index in [2.05, 4.69) is 33.9 Å². The molecule has 0 fully saturated rings. The summed E-state index contributed by atoms with van der Waals surface area (Å²) in [6, 6.07) is 0. The van der Waals surface area contributed by atoms with Crippen molar-refractivity contribution in [2.45, 2.75) is 57.2 Å². The first kappa shape index (κ1) is 14.7. The number of hydrogen-bond acceptors (Lipinski definition) is 4. The third-order valence-electron chi connectivity index (χ3n) is 4.00. The predicted octanol–water partition coefficient (Wildman–Crippen LogP) is 1.03. The Kier molecular flexibility index (Phi) is 4.08. The van der Waals surface area contributed by atoms with Crippen molar-refractivity contribution < 1.29 is 20.1 Å². The minimum Gasteiger partial charge on any atom is -0.495 e. The van der Waals surface area contributed by atoms with Crippen molar-refractivity contribution in [1.82, 2.24) is 0 Å². The summed E-state index contributed by atoms with van der Waals surface area (Å²) in [7, 11) is -1.88. The largest absolute Gasteiger partial charge is 0.495 e. The van der Waals surface area contributed by atoms with Gasteiger partial charge in [0.05, 0.1) is 12.0 Å². The number of ether oxygens (including phenoxy) is 1. The molecule has 0 aromatic heterocycles. The molecule has 1 heterocycles. The monoisotopic (exact) mass is 260 g/mol. The molecular formula is C12H24O4Si. The molecule has 0 spiro atoms. The van der Waals surface area contributed by atoms with Crippen molar-refractivity contribution in [2.24, 2.45) is 0 Å². The zero-order chi connectivity index (χ0) is 13.4. The summed E-state index contributed by atoms with van der Waals surface area (Å²) in [5.41, 5.74) is 0. The van der Waals surface area contributed by atoms with E-state index in [1.807, 2.05) is 0 Å². The molecule has 0 radical (unpaired) electrons. The molecule has 0 saturated carbocycles. The van der Waals surface area contributed by atoms with Gasteiger partial charge in [0, 0.05) is 0 Å². The molecule has 1 rings (SSSR count). The van der Waals surface area contributed by atoms with Crippen molar-refractivity contribution in [3.05, 3.63) is 11.5 Å². The van der Waals surface area contributed by atoms with E-state index in [1.165, 1.54) is 0 Å². The van der Waals surface area contributed by atoms with Crippen LogP contribution in [-0.2, 0) is 4.74 Å². The molecule has 17 heavy (non-hydrogen) atoms. The van der Waals surface area contributed by atoms with Crippen LogP contribution in [0.1, 0.15) is 20.8 Å². The number of aliphatic hydroxyl groups is 3. The van der Waals surface area contributed by atoms with Crippen LogP contribution in [0.2, 0.25) is 18.1 Å². The molecule has 0 saturated heterocycles. The van der Waals surface area contributed by atoms with Gasteiger partial charge in [-0.05, 0) is 11.1 Å². The highest BCUT2D eigenvalue weighted by molar-refractivity contribution is 6.86. The molecule has 1 aliphatic heterocycles. The Morgan fingerprint density at radius 1 is 1.29 bits per heavy atom. The van der Waals surface area contributed by atoms with Gasteiger partial charge in [0.25, 0.3) is 0 Å². The van der Waals surface area contributed by atoms with Gasteiger partial charge in [-0.3, -0.25) is 0 Å². The highest BCUT2D eigenvalue weighted by Gasteiger charge is 2.44. The van der Waals surface area contributed by atoms with E-state index in [0.29, 0.717) is 0 Å². The molecule has 0 aromatic carbocycles. The van der Waals surface area contributed by atoms with Gasteiger partial charge in [0.15, 0.2) is 0 Å². The summed E-state index contributed by atoms with van der Waals surface area (Å²) < 4.78 is 5.67. The van der Waals surface area contributed by atoms with Crippen LogP contribution < -0.4 is 0 Å². The second kappa shape index (κ2) is 4.72. The normalized spacial score (nSPS) is 30.8. The molecule has 3 N–H and O–H groups in total. The Morgan fingerprint density at radius 3 is 2.24 bits per heavy atom. The number of hydrogen-bond donors (Lipinski definition) is 3. The Bertz CT molecular complexity index is 306.